The van der Waals surface area contributed by atoms with Crippen LogP contribution >= 0.6 is 11.8 Å². The molecule has 0 spiro atoms. The van der Waals surface area contributed by atoms with Crippen LogP contribution in [0.25, 0.3) is 0 Å². The number of amides is 1. The molecule has 4 nitrogen and oxygen atoms in total. The minimum absolute atomic E-state index is 0.110. The Morgan fingerprint density at radius 1 is 1.18 bits per heavy atom. The number of carbonyl (C=O) groups excluding carboxylic acids is 1. The number of carbonyl (C=O) groups is 2. The molecule has 0 aliphatic heterocycles. The van der Waals surface area contributed by atoms with Crippen molar-refractivity contribution in [2.75, 3.05) is 18.1 Å². The lowest BCUT2D eigenvalue weighted by Crippen LogP contribution is -2.32. The van der Waals surface area contributed by atoms with Gasteiger partial charge in [0, 0.05) is 18.2 Å². The van der Waals surface area contributed by atoms with E-state index in [1.807, 2.05) is 0 Å². The van der Waals surface area contributed by atoms with Gasteiger partial charge < -0.3 is 10.4 Å². The molecule has 1 fully saturated rings. The summed E-state index contributed by atoms with van der Waals surface area (Å²) >= 11 is 1.34. The number of carboxylic acid groups (broad SMARTS) is 1. The molecule has 1 aliphatic carbocycles. The first-order chi connectivity index (χ1) is 8.20. The lowest BCUT2D eigenvalue weighted by Gasteiger charge is -2.13. The summed E-state index contributed by atoms with van der Waals surface area (Å²) in [5, 5.41) is 11.4. The van der Waals surface area contributed by atoms with E-state index in [-0.39, 0.29) is 17.6 Å². The van der Waals surface area contributed by atoms with Crippen molar-refractivity contribution >= 4 is 23.6 Å². The molecule has 17 heavy (non-hydrogen) atoms. The van der Waals surface area contributed by atoms with Crippen LogP contribution in [0.15, 0.2) is 0 Å². The van der Waals surface area contributed by atoms with Crippen LogP contribution in [0.3, 0.4) is 0 Å². The first-order valence-corrected chi connectivity index (χ1v) is 7.43. The number of carboxylic acids is 1. The van der Waals surface area contributed by atoms with Gasteiger partial charge in [0.15, 0.2) is 0 Å². The summed E-state index contributed by atoms with van der Waals surface area (Å²) in [5.41, 5.74) is 0. The summed E-state index contributed by atoms with van der Waals surface area (Å²) in [6.45, 7) is 0.577. The van der Waals surface area contributed by atoms with Crippen LogP contribution in [-0.4, -0.2) is 35.0 Å². The Morgan fingerprint density at radius 3 is 2.41 bits per heavy atom. The average molecular weight is 259 g/mol. The van der Waals surface area contributed by atoms with Gasteiger partial charge in [0.25, 0.3) is 0 Å². The first kappa shape index (κ1) is 14.4. The summed E-state index contributed by atoms with van der Waals surface area (Å²) in [4.78, 5) is 22.1. The van der Waals surface area contributed by atoms with Crippen LogP contribution in [0, 0.1) is 5.92 Å². The number of hydrogen-bond donors (Lipinski definition) is 2. The fourth-order valence-electron chi connectivity index (χ4n) is 2.09. The third kappa shape index (κ3) is 6.56. The molecule has 0 radical (unpaired) electrons. The molecule has 0 aromatic rings. The van der Waals surface area contributed by atoms with Crippen LogP contribution in [0.4, 0.5) is 0 Å². The highest BCUT2D eigenvalue weighted by molar-refractivity contribution is 7.99. The molecule has 0 heterocycles. The number of nitrogens with one attached hydrogen (secondary N) is 1. The Hall–Kier alpha value is -0.710. The maximum atomic E-state index is 11.8. The van der Waals surface area contributed by atoms with Crippen LogP contribution in [0.2, 0.25) is 0 Å². The Labute approximate surface area is 107 Å². The quantitative estimate of drug-likeness (QED) is 0.564. The fourth-order valence-corrected chi connectivity index (χ4v) is 2.66. The van der Waals surface area contributed by atoms with E-state index < -0.39 is 5.97 Å². The van der Waals surface area contributed by atoms with Crippen molar-refractivity contribution in [2.45, 2.75) is 38.5 Å². The molecule has 5 heteroatoms. The summed E-state index contributed by atoms with van der Waals surface area (Å²) in [7, 11) is 0. The molecule has 0 saturated heterocycles. The number of thioether (sulfide) groups is 1. The highest BCUT2D eigenvalue weighted by Crippen LogP contribution is 2.22. The second-order valence-electron chi connectivity index (χ2n) is 4.43. The first-order valence-electron chi connectivity index (χ1n) is 6.27. The second kappa shape index (κ2) is 8.39. The number of hydrogen-bond acceptors (Lipinski definition) is 3. The van der Waals surface area contributed by atoms with E-state index in [1.165, 1.54) is 24.6 Å². The maximum absolute atomic E-state index is 11.8. The van der Waals surface area contributed by atoms with E-state index in [1.54, 1.807) is 0 Å². The zero-order valence-corrected chi connectivity index (χ0v) is 10.9. The van der Waals surface area contributed by atoms with Gasteiger partial charge in [-0.25, -0.2) is 0 Å². The lowest BCUT2D eigenvalue weighted by atomic mass is 10.00. The lowest BCUT2D eigenvalue weighted by molar-refractivity contribution is -0.134. The summed E-state index contributed by atoms with van der Waals surface area (Å²) in [6, 6.07) is 0. The van der Waals surface area contributed by atoms with Gasteiger partial charge in [0.1, 0.15) is 0 Å². The third-order valence-electron chi connectivity index (χ3n) is 3.00. The van der Waals surface area contributed by atoms with Crippen LogP contribution in [0.1, 0.15) is 38.5 Å². The van der Waals surface area contributed by atoms with Crippen molar-refractivity contribution in [2.24, 2.45) is 5.92 Å². The van der Waals surface area contributed by atoms with Gasteiger partial charge in [-0.2, -0.15) is 0 Å². The highest BCUT2D eigenvalue weighted by atomic mass is 32.2. The Morgan fingerprint density at radius 2 is 1.82 bits per heavy atom. The van der Waals surface area contributed by atoms with E-state index in [0.29, 0.717) is 12.3 Å². The van der Waals surface area contributed by atoms with Crippen molar-refractivity contribution in [1.29, 1.82) is 0 Å². The molecule has 0 bridgehead atoms. The molecule has 1 aliphatic rings. The second-order valence-corrected chi connectivity index (χ2v) is 5.53. The number of rotatable bonds is 6. The maximum Gasteiger partial charge on any atom is 0.313 e. The molecule has 0 atom stereocenters. The monoisotopic (exact) mass is 259 g/mol. The van der Waals surface area contributed by atoms with Crippen molar-refractivity contribution in [1.82, 2.24) is 5.32 Å². The fraction of sp³-hybridized carbons (Fsp3) is 0.833. The van der Waals surface area contributed by atoms with Gasteiger partial charge in [-0.05, 0) is 12.8 Å². The van der Waals surface area contributed by atoms with Crippen molar-refractivity contribution < 1.29 is 14.7 Å². The minimum Gasteiger partial charge on any atom is -0.481 e. The van der Waals surface area contributed by atoms with Crippen LogP contribution in [0.5, 0.6) is 0 Å². The molecule has 1 saturated carbocycles. The summed E-state index contributed by atoms with van der Waals surface area (Å²) in [6.07, 6.45) is 6.83. The van der Waals surface area contributed by atoms with Gasteiger partial charge >= 0.3 is 5.97 Å². The van der Waals surface area contributed by atoms with E-state index in [0.717, 1.165) is 25.7 Å². The third-order valence-corrected chi connectivity index (χ3v) is 3.94. The smallest absolute Gasteiger partial charge is 0.313 e. The molecule has 1 amide bonds. The van der Waals surface area contributed by atoms with Gasteiger partial charge in [-0.1, -0.05) is 25.7 Å². The van der Waals surface area contributed by atoms with Gasteiger partial charge in [-0.3, -0.25) is 9.59 Å². The zero-order valence-electron chi connectivity index (χ0n) is 10.1. The predicted octanol–water partition coefficient (Wildman–Crippen LogP) is 1.89. The van der Waals surface area contributed by atoms with Crippen molar-refractivity contribution in [3.05, 3.63) is 0 Å². The topological polar surface area (TPSA) is 66.4 Å². The van der Waals surface area contributed by atoms with Crippen molar-refractivity contribution in [3.8, 4) is 0 Å². The average Bonchev–Trinajstić information content (AvgIpc) is 2.56. The van der Waals surface area contributed by atoms with E-state index >= 15 is 0 Å². The SMILES string of the molecule is O=C(O)CSCCNC(=O)C1CCCCCC1. The Balaban J connectivity index is 2.09. The number of aliphatic carboxylic acids is 1. The van der Waals surface area contributed by atoms with E-state index in [4.69, 9.17) is 5.11 Å². The molecule has 1 rings (SSSR count). The van der Waals surface area contributed by atoms with E-state index in [2.05, 4.69) is 5.32 Å². The molecule has 2 N–H and O–H groups in total. The molecule has 0 unspecified atom stereocenters. The van der Waals surface area contributed by atoms with Crippen LogP contribution in [-0.2, 0) is 9.59 Å². The largest absolute Gasteiger partial charge is 0.481 e. The van der Waals surface area contributed by atoms with Gasteiger partial charge in [0.2, 0.25) is 5.91 Å². The van der Waals surface area contributed by atoms with E-state index in [9.17, 15) is 9.59 Å². The Kier molecular flexibility index (Phi) is 7.08. The van der Waals surface area contributed by atoms with Crippen molar-refractivity contribution in [3.63, 3.8) is 0 Å². The van der Waals surface area contributed by atoms with Gasteiger partial charge in [-0.15, -0.1) is 11.8 Å². The highest BCUT2D eigenvalue weighted by Gasteiger charge is 2.19. The predicted molar refractivity (Wildman–Crippen MR) is 69.2 cm³/mol. The summed E-state index contributed by atoms with van der Waals surface area (Å²) in [5.74, 6) is 0.319. The summed E-state index contributed by atoms with van der Waals surface area (Å²) < 4.78 is 0. The van der Waals surface area contributed by atoms with Gasteiger partial charge in [0.05, 0.1) is 5.75 Å². The molecule has 0 aromatic heterocycles. The Bertz CT molecular complexity index is 250. The zero-order chi connectivity index (χ0) is 12.5. The normalized spacial score (nSPS) is 17.4. The van der Waals surface area contributed by atoms with Crippen LogP contribution < -0.4 is 5.32 Å². The molecular formula is C12H21NO3S. The molecule has 0 aromatic carbocycles. The molecule has 98 valence electrons. The standard InChI is InChI=1S/C12H21NO3S/c14-11(15)9-17-8-7-13-12(16)10-5-3-1-2-4-6-10/h10H,1-9H2,(H,13,16)(H,14,15). The molecular weight excluding hydrogens is 238 g/mol. The minimum atomic E-state index is -0.801.